The summed E-state index contributed by atoms with van der Waals surface area (Å²) in [6.45, 7) is 2.70. The highest BCUT2D eigenvalue weighted by Crippen LogP contribution is 2.05. The van der Waals surface area contributed by atoms with Crippen LogP contribution in [0.4, 0.5) is 0 Å². The predicted octanol–water partition coefficient (Wildman–Crippen LogP) is 0.397. The van der Waals surface area contributed by atoms with E-state index in [2.05, 4.69) is 17.3 Å². The minimum Gasteiger partial charge on any atom is -0.395 e. The van der Waals surface area contributed by atoms with Crippen molar-refractivity contribution in [3.05, 3.63) is 35.4 Å². The predicted molar refractivity (Wildman–Crippen MR) is 74.9 cm³/mol. The van der Waals surface area contributed by atoms with Crippen LogP contribution in [0.3, 0.4) is 0 Å². The molecule has 1 aromatic rings. The van der Waals surface area contributed by atoms with E-state index in [0.29, 0.717) is 38.3 Å². The van der Waals surface area contributed by atoms with Crippen LogP contribution in [0, 0.1) is 11.8 Å². The summed E-state index contributed by atoms with van der Waals surface area (Å²) in [6, 6.07) is 7.15. The third kappa shape index (κ3) is 4.35. The van der Waals surface area contributed by atoms with Crippen LogP contribution in [0.15, 0.2) is 24.3 Å². The third-order valence-electron chi connectivity index (χ3n) is 2.87. The fourth-order valence-corrected chi connectivity index (χ4v) is 1.84. The van der Waals surface area contributed by atoms with Crippen LogP contribution in [0.25, 0.3) is 0 Å². The van der Waals surface area contributed by atoms with E-state index >= 15 is 0 Å². The molecule has 0 atom stereocenters. The van der Waals surface area contributed by atoms with E-state index in [-0.39, 0.29) is 12.5 Å². The van der Waals surface area contributed by atoms with E-state index in [1.54, 1.807) is 18.2 Å². The molecule has 5 nitrogen and oxygen atoms in total. The first-order valence-electron chi connectivity index (χ1n) is 6.63. The number of benzene rings is 1. The van der Waals surface area contributed by atoms with Crippen molar-refractivity contribution in [2.45, 2.75) is 6.42 Å². The maximum atomic E-state index is 12.1. The van der Waals surface area contributed by atoms with Crippen LogP contribution >= 0.6 is 0 Å². The van der Waals surface area contributed by atoms with Crippen LogP contribution in [-0.4, -0.2) is 48.9 Å². The maximum Gasteiger partial charge on any atom is 0.265 e. The first kappa shape index (κ1) is 14.5. The Balaban J connectivity index is 1.99. The molecule has 0 aliphatic carbocycles. The number of amides is 1. The minimum absolute atomic E-state index is 0.0458. The van der Waals surface area contributed by atoms with Crippen LogP contribution in [0.1, 0.15) is 22.3 Å². The molecule has 5 heteroatoms. The van der Waals surface area contributed by atoms with Crippen molar-refractivity contribution in [1.29, 1.82) is 0 Å². The number of aliphatic hydroxyl groups excluding tert-OH is 1. The van der Waals surface area contributed by atoms with Gasteiger partial charge in [-0.15, -0.1) is 0 Å². The second-order valence-corrected chi connectivity index (χ2v) is 4.40. The van der Waals surface area contributed by atoms with Crippen LogP contribution < -0.4 is 5.43 Å². The average molecular weight is 274 g/mol. The van der Waals surface area contributed by atoms with E-state index in [9.17, 15) is 4.79 Å². The summed E-state index contributed by atoms with van der Waals surface area (Å²) in [5, 5.41) is 10.5. The molecule has 0 radical (unpaired) electrons. The number of nitrogens with one attached hydrogen (secondary N) is 1. The van der Waals surface area contributed by atoms with Crippen LogP contribution in [0.5, 0.6) is 0 Å². The molecule has 1 heterocycles. The van der Waals surface area contributed by atoms with Gasteiger partial charge in [0.25, 0.3) is 5.91 Å². The van der Waals surface area contributed by atoms with Crippen molar-refractivity contribution in [3.8, 4) is 11.8 Å². The lowest BCUT2D eigenvalue weighted by atomic mass is 10.1. The third-order valence-corrected chi connectivity index (χ3v) is 2.87. The van der Waals surface area contributed by atoms with Gasteiger partial charge in [0.2, 0.25) is 0 Å². The number of hydrogen-bond donors (Lipinski definition) is 2. The van der Waals surface area contributed by atoms with Gasteiger partial charge in [-0.3, -0.25) is 10.2 Å². The number of hydrogen-bond acceptors (Lipinski definition) is 4. The molecular weight excluding hydrogens is 256 g/mol. The zero-order valence-corrected chi connectivity index (χ0v) is 11.3. The lowest BCUT2D eigenvalue weighted by Crippen LogP contribution is -2.48. The smallest absolute Gasteiger partial charge is 0.265 e. The summed E-state index contributed by atoms with van der Waals surface area (Å²) in [7, 11) is 0. The van der Waals surface area contributed by atoms with Crippen LogP contribution in [-0.2, 0) is 4.74 Å². The zero-order valence-electron chi connectivity index (χ0n) is 11.3. The lowest BCUT2D eigenvalue weighted by Gasteiger charge is -2.26. The molecule has 0 aromatic heterocycles. The van der Waals surface area contributed by atoms with Gasteiger partial charge in [0.15, 0.2) is 0 Å². The fourth-order valence-electron chi connectivity index (χ4n) is 1.84. The van der Waals surface area contributed by atoms with Gasteiger partial charge < -0.3 is 9.84 Å². The van der Waals surface area contributed by atoms with Gasteiger partial charge in [-0.2, -0.15) is 0 Å². The number of aliphatic hydroxyl groups is 1. The van der Waals surface area contributed by atoms with Gasteiger partial charge in [0.05, 0.1) is 19.8 Å². The van der Waals surface area contributed by atoms with Crippen molar-refractivity contribution < 1.29 is 14.6 Å². The summed E-state index contributed by atoms with van der Waals surface area (Å²) in [4.78, 5) is 12.1. The summed E-state index contributed by atoms with van der Waals surface area (Å²) in [5.74, 6) is 5.62. The van der Waals surface area contributed by atoms with Gasteiger partial charge in [-0.05, 0) is 18.2 Å². The molecule has 0 bridgehead atoms. The number of carbonyl (C=O) groups excluding carboxylic acids is 1. The average Bonchev–Trinajstić information content (AvgIpc) is 2.49. The second-order valence-electron chi connectivity index (χ2n) is 4.40. The number of morpholine rings is 1. The van der Waals surface area contributed by atoms with Gasteiger partial charge >= 0.3 is 0 Å². The Hall–Kier alpha value is -1.87. The number of rotatable bonds is 3. The SMILES string of the molecule is O=C(NN1CCOCC1)c1cccc(C#CCCO)c1. The number of carbonyl (C=O) groups is 1. The Kier molecular flexibility index (Phi) is 5.56. The molecule has 0 spiro atoms. The molecule has 1 fully saturated rings. The Bertz CT molecular complexity index is 513. The molecule has 1 amide bonds. The molecule has 2 N–H and O–H groups in total. The summed E-state index contributed by atoms with van der Waals surface area (Å²) >= 11 is 0. The molecule has 20 heavy (non-hydrogen) atoms. The van der Waals surface area contributed by atoms with E-state index in [4.69, 9.17) is 9.84 Å². The topological polar surface area (TPSA) is 61.8 Å². The highest BCUT2D eigenvalue weighted by atomic mass is 16.5. The second kappa shape index (κ2) is 7.65. The molecule has 106 valence electrons. The first-order valence-corrected chi connectivity index (χ1v) is 6.63. The van der Waals surface area contributed by atoms with Crippen LogP contribution in [0.2, 0.25) is 0 Å². The van der Waals surface area contributed by atoms with E-state index in [1.165, 1.54) is 0 Å². The molecule has 2 rings (SSSR count). The Labute approximate surface area is 118 Å². The summed E-state index contributed by atoms with van der Waals surface area (Å²) in [5.41, 5.74) is 4.20. The molecular formula is C15H18N2O3. The van der Waals surface area contributed by atoms with Gasteiger partial charge in [-0.1, -0.05) is 17.9 Å². The summed E-state index contributed by atoms with van der Waals surface area (Å²) < 4.78 is 5.23. The van der Waals surface area contributed by atoms with Gasteiger partial charge in [-0.25, -0.2) is 5.01 Å². The van der Waals surface area contributed by atoms with E-state index < -0.39 is 0 Å². The number of hydrazine groups is 1. The van der Waals surface area contributed by atoms with Crippen molar-refractivity contribution in [2.24, 2.45) is 0 Å². The number of ether oxygens (including phenoxy) is 1. The fraction of sp³-hybridized carbons (Fsp3) is 0.400. The molecule has 1 aliphatic rings. The summed E-state index contributed by atoms with van der Waals surface area (Å²) in [6.07, 6.45) is 0.435. The maximum absolute atomic E-state index is 12.1. The molecule has 1 aromatic carbocycles. The minimum atomic E-state index is -0.141. The Morgan fingerprint density at radius 1 is 1.40 bits per heavy atom. The normalized spacial score (nSPS) is 15.2. The van der Waals surface area contributed by atoms with Crippen molar-refractivity contribution in [3.63, 3.8) is 0 Å². The highest BCUT2D eigenvalue weighted by Gasteiger charge is 2.14. The quantitative estimate of drug-likeness (QED) is 0.783. The lowest BCUT2D eigenvalue weighted by molar-refractivity contribution is 0.0126. The first-order chi connectivity index (χ1) is 9.79. The Morgan fingerprint density at radius 3 is 2.95 bits per heavy atom. The monoisotopic (exact) mass is 274 g/mol. The largest absolute Gasteiger partial charge is 0.395 e. The van der Waals surface area contributed by atoms with Crippen molar-refractivity contribution in [2.75, 3.05) is 32.9 Å². The van der Waals surface area contributed by atoms with E-state index in [1.807, 2.05) is 11.1 Å². The zero-order chi connectivity index (χ0) is 14.2. The van der Waals surface area contributed by atoms with Crippen molar-refractivity contribution >= 4 is 5.91 Å². The number of nitrogens with zero attached hydrogens (tertiary/aromatic N) is 1. The van der Waals surface area contributed by atoms with Gasteiger partial charge in [0.1, 0.15) is 0 Å². The molecule has 0 saturated carbocycles. The van der Waals surface area contributed by atoms with Crippen molar-refractivity contribution in [1.82, 2.24) is 10.4 Å². The Morgan fingerprint density at radius 2 is 2.20 bits per heavy atom. The van der Waals surface area contributed by atoms with Gasteiger partial charge in [0, 0.05) is 30.6 Å². The standard InChI is InChI=1S/C15H18N2O3/c18-9-2-1-4-13-5-3-6-14(12-13)15(19)16-17-7-10-20-11-8-17/h3,5-6,12,18H,2,7-11H2,(H,16,19). The highest BCUT2D eigenvalue weighted by molar-refractivity contribution is 5.94. The molecule has 1 saturated heterocycles. The van der Waals surface area contributed by atoms with E-state index in [0.717, 1.165) is 5.56 Å². The molecule has 0 unspecified atom stereocenters. The molecule has 1 aliphatic heterocycles.